The van der Waals surface area contributed by atoms with Gasteiger partial charge in [-0.3, -0.25) is 4.79 Å². The summed E-state index contributed by atoms with van der Waals surface area (Å²) in [5.74, 6) is 0.277. The Labute approximate surface area is 191 Å². The van der Waals surface area contributed by atoms with E-state index in [0.717, 1.165) is 28.1 Å². The van der Waals surface area contributed by atoms with Crippen molar-refractivity contribution in [1.82, 2.24) is 9.99 Å². The largest absolute Gasteiger partial charge is 0.484 e. The van der Waals surface area contributed by atoms with E-state index in [1.807, 2.05) is 103 Å². The summed E-state index contributed by atoms with van der Waals surface area (Å²) in [6, 6.07) is 27.3. The highest BCUT2D eigenvalue weighted by Crippen LogP contribution is 2.22. The maximum Gasteiger partial charge on any atom is 0.277 e. The molecule has 0 spiro atoms. The number of halogens is 1. The first-order valence-electron chi connectivity index (χ1n) is 10.1. The van der Waals surface area contributed by atoms with Gasteiger partial charge in [-0.2, -0.15) is 5.10 Å². The summed E-state index contributed by atoms with van der Waals surface area (Å²) in [7, 11) is 0. The van der Waals surface area contributed by atoms with Crippen LogP contribution in [0.3, 0.4) is 0 Å². The normalized spacial score (nSPS) is 10.9. The molecule has 5 nitrogen and oxygen atoms in total. The number of benzene rings is 3. The molecule has 0 radical (unpaired) electrons. The number of nitrogens with one attached hydrogen (secondary N) is 1. The van der Waals surface area contributed by atoms with Crippen molar-refractivity contribution in [2.24, 2.45) is 5.10 Å². The lowest BCUT2D eigenvalue weighted by molar-refractivity contribution is -0.123. The van der Waals surface area contributed by atoms with Crippen LogP contribution in [0.1, 0.15) is 11.3 Å². The third-order valence-electron chi connectivity index (χ3n) is 4.93. The van der Waals surface area contributed by atoms with Crippen LogP contribution >= 0.6 is 11.6 Å². The lowest BCUT2D eigenvalue weighted by Gasteiger charge is -2.08. The number of carbonyl (C=O) groups is 1. The molecule has 6 heteroatoms. The molecule has 4 aromatic rings. The van der Waals surface area contributed by atoms with Gasteiger partial charge in [0, 0.05) is 16.9 Å². The van der Waals surface area contributed by atoms with Crippen molar-refractivity contribution in [2.45, 2.75) is 6.92 Å². The van der Waals surface area contributed by atoms with Gasteiger partial charge < -0.3 is 9.30 Å². The van der Waals surface area contributed by atoms with Crippen LogP contribution in [0.4, 0.5) is 0 Å². The van der Waals surface area contributed by atoms with Crippen molar-refractivity contribution in [3.63, 3.8) is 0 Å². The van der Waals surface area contributed by atoms with E-state index in [1.165, 1.54) is 0 Å². The van der Waals surface area contributed by atoms with Crippen molar-refractivity contribution in [3.8, 4) is 22.6 Å². The minimum atomic E-state index is -0.343. The maximum atomic E-state index is 12.1. The number of carbonyl (C=O) groups excluding carboxylic acids is 1. The summed E-state index contributed by atoms with van der Waals surface area (Å²) in [5, 5.41) is 4.74. The smallest absolute Gasteiger partial charge is 0.277 e. The standard InChI is InChI=1S/C26H22ClN3O2/c1-19-9-12-22(16-25(19)27)30-15-5-8-23(30)17-28-29-26(31)18-32-24-13-10-21(11-14-24)20-6-3-2-4-7-20/h2-17H,18H2,1H3,(H,29,31)/b28-17+. The molecule has 0 fully saturated rings. The zero-order valence-electron chi connectivity index (χ0n) is 17.5. The molecule has 3 aromatic carbocycles. The van der Waals surface area contributed by atoms with Gasteiger partial charge in [0.25, 0.3) is 5.91 Å². The van der Waals surface area contributed by atoms with Crippen LogP contribution in [0.2, 0.25) is 5.02 Å². The van der Waals surface area contributed by atoms with Crippen LogP contribution in [0.25, 0.3) is 16.8 Å². The summed E-state index contributed by atoms with van der Waals surface area (Å²) in [5.41, 5.74) is 7.45. The third-order valence-corrected chi connectivity index (χ3v) is 5.34. The Morgan fingerprint density at radius 1 is 1.00 bits per heavy atom. The lowest BCUT2D eigenvalue weighted by Crippen LogP contribution is -2.24. The SMILES string of the molecule is Cc1ccc(-n2cccc2/C=N/NC(=O)COc2ccc(-c3ccccc3)cc2)cc1Cl. The van der Waals surface area contributed by atoms with E-state index in [0.29, 0.717) is 10.8 Å². The van der Waals surface area contributed by atoms with Gasteiger partial charge in [-0.15, -0.1) is 0 Å². The molecule has 0 saturated carbocycles. The molecular formula is C26H22ClN3O2. The summed E-state index contributed by atoms with van der Waals surface area (Å²) >= 11 is 6.24. The fourth-order valence-electron chi connectivity index (χ4n) is 3.19. The first-order chi connectivity index (χ1) is 15.6. The van der Waals surface area contributed by atoms with E-state index in [2.05, 4.69) is 10.5 Å². The van der Waals surface area contributed by atoms with Crippen molar-refractivity contribution in [1.29, 1.82) is 0 Å². The van der Waals surface area contributed by atoms with Gasteiger partial charge in [-0.1, -0.05) is 60.1 Å². The highest BCUT2D eigenvalue weighted by Gasteiger charge is 2.05. The maximum absolute atomic E-state index is 12.1. The second-order valence-corrected chi connectivity index (χ2v) is 7.62. The third kappa shape index (κ3) is 5.25. The molecule has 0 saturated heterocycles. The Morgan fingerprint density at radius 3 is 2.50 bits per heavy atom. The van der Waals surface area contributed by atoms with Crippen molar-refractivity contribution in [2.75, 3.05) is 6.61 Å². The highest BCUT2D eigenvalue weighted by atomic mass is 35.5. The Bertz CT molecular complexity index is 1230. The number of nitrogens with zero attached hydrogens (tertiary/aromatic N) is 2. The number of amides is 1. The van der Waals surface area contributed by atoms with Crippen LogP contribution in [-0.4, -0.2) is 23.3 Å². The summed E-state index contributed by atoms with van der Waals surface area (Å²) in [6.45, 7) is 1.83. The van der Waals surface area contributed by atoms with Gasteiger partial charge in [0.2, 0.25) is 0 Å². The molecule has 160 valence electrons. The zero-order valence-corrected chi connectivity index (χ0v) is 18.3. The summed E-state index contributed by atoms with van der Waals surface area (Å²) in [4.78, 5) is 12.1. The molecule has 32 heavy (non-hydrogen) atoms. The summed E-state index contributed by atoms with van der Waals surface area (Å²) in [6.07, 6.45) is 3.49. The van der Waals surface area contributed by atoms with Gasteiger partial charge in [0.05, 0.1) is 11.9 Å². The van der Waals surface area contributed by atoms with E-state index < -0.39 is 0 Å². The Morgan fingerprint density at radius 2 is 1.75 bits per heavy atom. The topological polar surface area (TPSA) is 55.6 Å². The first-order valence-corrected chi connectivity index (χ1v) is 10.5. The number of aryl methyl sites for hydroxylation is 1. The van der Waals surface area contributed by atoms with Gasteiger partial charge in [-0.05, 0) is 60.0 Å². The van der Waals surface area contributed by atoms with Crippen molar-refractivity contribution >= 4 is 23.7 Å². The molecule has 0 bridgehead atoms. The molecule has 1 heterocycles. The molecule has 0 atom stereocenters. The van der Waals surface area contributed by atoms with Crippen molar-refractivity contribution < 1.29 is 9.53 Å². The molecule has 4 rings (SSSR count). The van der Waals surface area contributed by atoms with E-state index in [-0.39, 0.29) is 12.5 Å². The van der Waals surface area contributed by atoms with Crippen LogP contribution in [0, 0.1) is 6.92 Å². The molecule has 0 aliphatic carbocycles. The Kier molecular flexibility index (Phi) is 6.68. The Hall–Kier alpha value is -3.83. The second kappa shape index (κ2) is 9.98. The first kappa shape index (κ1) is 21.4. The predicted molar refractivity (Wildman–Crippen MR) is 129 cm³/mol. The van der Waals surface area contributed by atoms with E-state index in [1.54, 1.807) is 6.21 Å². The number of hydrogen-bond acceptors (Lipinski definition) is 3. The average Bonchev–Trinajstić information content (AvgIpc) is 3.29. The van der Waals surface area contributed by atoms with Gasteiger partial charge >= 0.3 is 0 Å². The monoisotopic (exact) mass is 443 g/mol. The van der Waals surface area contributed by atoms with Crippen LogP contribution in [-0.2, 0) is 4.79 Å². The van der Waals surface area contributed by atoms with Crippen molar-refractivity contribution in [3.05, 3.63) is 107 Å². The fraction of sp³-hybridized carbons (Fsp3) is 0.0769. The molecule has 1 amide bonds. The average molecular weight is 444 g/mol. The lowest BCUT2D eigenvalue weighted by atomic mass is 10.1. The van der Waals surface area contributed by atoms with E-state index >= 15 is 0 Å². The van der Waals surface area contributed by atoms with E-state index in [9.17, 15) is 4.79 Å². The number of hydrogen-bond donors (Lipinski definition) is 1. The molecule has 1 aromatic heterocycles. The van der Waals surface area contributed by atoms with Gasteiger partial charge in [-0.25, -0.2) is 5.43 Å². The Balaban J connectivity index is 1.31. The van der Waals surface area contributed by atoms with Crippen LogP contribution in [0.5, 0.6) is 5.75 Å². The second-order valence-electron chi connectivity index (χ2n) is 7.21. The number of aromatic nitrogens is 1. The van der Waals surface area contributed by atoms with Crippen LogP contribution < -0.4 is 10.2 Å². The summed E-state index contributed by atoms with van der Waals surface area (Å²) < 4.78 is 7.49. The van der Waals surface area contributed by atoms with Gasteiger partial charge in [0.1, 0.15) is 5.75 Å². The minimum absolute atomic E-state index is 0.128. The number of hydrazone groups is 1. The van der Waals surface area contributed by atoms with E-state index in [4.69, 9.17) is 16.3 Å². The van der Waals surface area contributed by atoms with Gasteiger partial charge in [0.15, 0.2) is 6.61 Å². The zero-order chi connectivity index (χ0) is 22.3. The quantitative estimate of drug-likeness (QED) is 0.297. The number of rotatable bonds is 7. The predicted octanol–water partition coefficient (Wildman–Crippen LogP) is 5.64. The molecule has 1 N–H and O–H groups in total. The molecule has 0 aliphatic rings. The van der Waals surface area contributed by atoms with Crippen LogP contribution in [0.15, 0.2) is 96.2 Å². The minimum Gasteiger partial charge on any atom is -0.484 e. The fourth-order valence-corrected chi connectivity index (χ4v) is 3.37. The molecular weight excluding hydrogens is 422 g/mol. The number of ether oxygens (including phenoxy) is 1. The molecule has 0 unspecified atom stereocenters. The highest BCUT2D eigenvalue weighted by molar-refractivity contribution is 6.31. The molecule has 0 aliphatic heterocycles.